The number of methoxy groups -OCH3 is 1. The predicted octanol–water partition coefficient (Wildman–Crippen LogP) is 6.18. The molecule has 1 amide bonds. The topological polar surface area (TPSA) is 49.8 Å². The Hall–Kier alpha value is -3.53. The average Bonchev–Trinajstić information content (AvgIpc) is 3.05. The number of aliphatic hydroxyl groups is 1. The van der Waals surface area contributed by atoms with Gasteiger partial charge in [-0.15, -0.1) is 0 Å². The summed E-state index contributed by atoms with van der Waals surface area (Å²) in [6.45, 7) is 6.32. The number of carbonyl (C=O) groups excluding carboxylic acids is 1. The van der Waals surface area contributed by atoms with Gasteiger partial charge in [0.05, 0.1) is 13.2 Å². The van der Waals surface area contributed by atoms with Gasteiger partial charge in [-0.25, -0.2) is 0 Å². The molecule has 0 aromatic heterocycles. The van der Waals surface area contributed by atoms with E-state index in [1.54, 1.807) is 12.0 Å². The first-order chi connectivity index (χ1) is 14.9. The van der Waals surface area contributed by atoms with Gasteiger partial charge in [-0.1, -0.05) is 67.9 Å². The SMILES string of the molecule is COc1ccc(C2=C(O)C(=O)N(c3ccc(C)cc3)C2c2ccc(C(C)C)cc2)cc1. The van der Waals surface area contributed by atoms with Crippen molar-refractivity contribution in [2.24, 2.45) is 0 Å². The zero-order valence-corrected chi connectivity index (χ0v) is 18.3. The molecule has 0 spiro atoms. The fraction of sp³-hybridized carbons (Fsp3) is 0.222. The average molecular weight is 414 g/mol. The second-order valence-corrected chi connectivity index (χ2v) is 8.23. The van der Waals surface area contributed by atoms with Gasteiger partial charge >= 0.3 is 0 Å². The molecule has 1 aliphatic rings. The standard InChI is InChI=1S/C27H27NO3/c1-17(2)19-7-9-21(10-8-19)25-24(20-11-15-23(31-4)16-12-20)26(29)27(30)28(25)22-13-5-18(3)6-14-22/h5-17,25,29H,1-4H3. The first-order valence-electron chi connectivity index (χ1n) is 10.5. The van der Waals surface area contributed by atoms with Gasteiger partial charge in [0.15, 0.2) is 5.76 Å². The number of amides is 1. The van der Waals surface area contributed by atoms with Gasteiger partial charge in [-0.2, -0.15) is 0 Å². The minimum atomic E-state index is -0.426. The number of aryl methyl sites for hydroxylation is 1. The third kappa shape index (κ3) is 3.81. The van der Waals surface area contributed by atoms with E-state index < -0.39 is 11.9 Å². The molecule has 0 saturated heterocycles. The summed E-state index contributed by atoms with van der Waals surface area (Å²) in [6, 6.07) is 23.1. The van der Waals surface area contributed by atoms with E-state index in [2.05, 4.69) is 38.1 Å². The summed E-state index contributed by atoms with van der Waals surface area (Å²) in [4.78, 5) is 14.9. The highest BCUT2D eigenvalue weighted by atomic mass is 16.5. The Morgan fingerprint density at radius 2 is 1.52 bits per heavy atom. The van der Waals surface area contributed by atoms with Crippen LogP contribution in [-0.4, -0.2) is 18.1 Å². The Balaban J connectivity index is 1.86. The van der Waals surface area contributed by atoms with E-state index in [1.807, 2.05) is 55.5 Å². The molecule has 1 heterocycles. The number of benzene rings is 3. The fourth-order valence-corrected chi connectivity index (χ4v) is 4.02. The van der Waals surface area contributed by atoms with Crippen LogP contribution in [0.1, 0.15) is 48.1 Å². The molecule has 4 rings (SSSR count). The highest BCUT2D eigenvalue weighted by Crippen LogP contribution is 2.45. The van der Waals surface area contributed by atoms with Crippen molar-refractivity contribution in [1.82, 2.24) is 0 Å². The van der Waals surface area contributed by atoms with Crippen molar-refractivity contribution >= 4 is 17.2 Å². The zero-order valence-electron chi connectivity index (χ0n) is 18.3. The molecule has 1 N–H and O–H groups in total. The third-order valence-electron chi connectivity index (χ3n) is 5.84. The first kappa shape index (κ1) is 20.7. The van der Waals surface area contributed by atoms with Crippen molar-refractivity contribution in [2.75, 3.05) is 12.0 Å². The summed E-state index contributed by atoms with van der Waals surface area (Å²) < 4.78 is 5.27. The van der Waals surface area contributed by atoms with Crippen LogP contribution in [0.2, 0.25) is 0 Å². The molecule has 1 aliphatic heterocycles. The van der Waals surface area contributed by atoms with Crippen LogP contribution in [0.15, 0.2) is 78.6 Å². The molecule has 3 aromatic rings. The smallest absolute Gasteiger partial charge is 0.294 e. The summed E-state index contributed by atoms with van der Waals surface area (Å²) in [7, 11) is 1.61. The molecule has 0 fully saturated rings. The number of ether oxygens (including phenoxy) is 1. The third-order valence-corrected chi connectivity index (χ3v) is 5.84. The van der Waals surface area contributed by atoms with E-state index >= 15 is 0 Å². The summed E-state index contributed by atoms with van der Waals surface area (Å²) in [5, 5.41) is 11.0. The number of rotatable bonds is 5. The lowest BCUT2D eigenvalue weighted by Gasteiger charge is -2.28. The fourth-order valence-electron chi connectivity index (χ4n) is 4.02. The number of hydrogen-bond acceptors (Lipinski definition) is 3. The Kier molecular flexibility index (Phi) is 5.55. The summed E-state index contributed by atoms with van der Waals surface area (Å²) in [6.07, 6.45) is 0. The molecule has 0 radical (unpaired) electrons. The molecule has 0 aliphatic carbocycles. The second-order valence-electron chi connectivity index (χ2n) is 8.23. The van der Waals surface area contributed by atoms with E-state index in [1.165, 1.54) is 5.56 Å². The maximum absolute atomic E-state index is 13.2. The maximum atomic E-state index is 13.2. The van der Waals surface area contributed by atoms with Crippen molar-refractivity contribution in [1.29, 1.82) is 0 Å². The van der Waals surface area contributed by atoms with Gasteiger partial charge in [0, 0.05) is 11.3 Å². The van der Waals surface area contributed by atoms with Gasteiger partial charge in [-0.3, -0.25) is 9.69 Å². The van der Waals surface area contributed by atoms with Crippen LogP contribution < -0.4 is 9.64 Å². The van der Waals surface area contributed by atoms with Crippen LogP contribution >= 0.6 is 0 Å². The molecule has 1 atom stereocenters. The van der Waals surface area contributed by atoms with Crippen molar-refractivity contribution in [3.63, 3.8) is 0 Å². The summed E-state index contributed by atoms with van der Waals surface area (Å²) >= 11 is 0. The number of hydrogen-bond donors (Lipinski definition) is 1. The molecule has 0 saturated carbocycles. The van der Waals surface area contributed by atoms with E-state index in [0.717, 1.165) is 28.1 Å². The van der Waals surface area contributed by atoms with E-state index in [9.17, 15) is 9.90 Å². The van der Waals surface area contributed by atoms with Crippen LogP contribution in [0.4, 0.5) is 5.69 Å². The van der Waals surface area contributed by atoms with E-state index in [-0.39, 0.29) is 5.76 Å². The Morgan fingerprint density at radius 3 is 2.06 bits per heavy atom. The molecule has 4 heteroatoms. The highest BCUT2D eigenvalue weighted by Gasteiger charge is 2.42. The van der Waals surface area contributed by atoms with E-state index in [4.69, 9.17) is 4.74 Å². The van der Waals surface area contributed by atoms with Gasteiger partial charge in [0.25, 0.3) is 5.91 Å². The van der Waals surface area contributed by atoms with Crippen LogP contribution in [0, 0.1) is 6.92 Å². The molecule has 1 unspecified atom stereocenters. The minimum absolute atomic E-state index is 0.219. The van der Waals surface area contributed by atoms with Crippen LogP contribution in [0.3, 0.4) is 0 Å². The van der Waals surface area contributed by atoms with Crippen molar-refractivity contribution in [3.05, 3.63) is 101 Å². The normalized spacial score (nSPS) is 16.4. The van der Waals surface area contributed by atoms with Crippen LogP contribution in [-0.2, 0) is 4.79 Å². The Labute approximate surface area is 183 Å². The number of anilines is 1. The largest absolute Gasteiger partial charge is 0.503 e. The van der Waals surface area contributed by atoms with Crippen LogP contribution in [0.25, 0.3) is 5.57 Å². The molecule has 158 valence electrons. The lowest BCUT2D eigenvalue weighted by Crippen LogP contribution is -2.30. The number of aliphatic hydroxyl groups excluding tert-OH is 1. The summed E-state index contributed by atoms with van der Waals surface area (Å²) in [5.74, 6) is 0.523. The number of carbonyl (C=O) groups is 1. The predicted molar refractivity (Wildman–Crippen MR) is 124 cm³/mol. The van der Waals surface area contributed by atoms with E-state index in [0.29, 0.717) is 11.5 Å². The van der Waals surface area contributed by atoms with Crippen molar-refractivity contribution in [3.8, 4) is 5.75 Å². The Morgan fingerprint density at radius 1 is 0.903 bits per heavy atom. The highest BCUT2D eigenvalue weighted by molar-refractivity contribution is 6.16. The molecule has 0 bridgehead atoms. The van der Waals surface area contributed by atoms with Crippen LogP contribution in [0.5, 0.6) is 5.75 Å². The van der Waals surface area contributed by atoms with Crippen molar-refractivity contribution < 1.29 is 14.6 Å². The molecular weight excluding hydrogens is 386 g/mol. The van der Waals surface area contributed by atoms with Gasteiger partial charge < -0.3 is 9.84 Å². The zero-order chi connectivity index (χ0) is 22.1. The molecule has 4 nitrogen and oxygen atoms in total. The molecule has 3 aromatic carbocycles. The second kappa shape index (κ2) is 8.31. The lowest BCUT2D eigenvalue weighted by atomic mass is 9.91. The molecule has 31 heavy (non-hydrogen) atoms. The quantitative estimate of drug-likeness (QED) is 0.543. The van der Waals surface area contributed by atoms with Gasteiger partial charge in [0.1, 0.15) is 5.75 Å². The molecular formula is C27H27NO3. The Bertz CT molecular complexity index is 1110. The van der Waals surface area contributed by atoms with Gasteiger partial charge in [0.2, 0.25) is 0 Å². The van der Waals surface area contributed by atoms with Gasteiger partial charge in [-0.05, 0) is 53.8 Å². The first-order valence-corrected chi connectivity index (χ1v) is 10.5. The number of nitrogens with zero attached hydrogens (tertiary/aromatic N) is 1. The monoisotopic (exact) mass is 413 g/mol. The lowest BCUT2D eigenvalue weighted by molar-refractivity contribution is -0.117. The van der Waals surface area contributed by atoms with Crippen molar-refractivity contribution in [2.45, 2.75) is 32.7 Å². The maximum Gasteiger partial charge on any atom is 0.294 e. The summed E-state index contributed by atoms with van der Waals surface area (Å²) in [5.41, 5.74) is 5.44. The minimum Gasteiger partial charge on any atom is -0.503 e.